The standard InChI is InChI=1S/C21H22BrN3O2/c1-25(2)10-4-9-24-21(27)17-7-6-14(12-18(17)22)16-11-15-5-3-8-23-20(15)19(26)13-16/h3,5-8,11-13,26H,4,9-10H2,1-2H3,(H,24,27). The molecule has 0 bridgehead atoms. The first kappa shape index (κ1) is 19.3. The number of carbonyl (C=O) groups is 1. The zero-order valence-corrected chi connectivity index (χ0v) is 17.0. The van der Waals surface area contributed by atoms with Gasteiger partial charge in [-0.2, -0.15) is 0 Å². The molecule has 0 fully saturated rings. The van der Waals surface area contributed by atoms with Gasteiger partial charge >= 0.3 is 0 Å². The third-order valence-corrected chi connectivity index (χ3v) is 4.96. The van der Waals surface area contributed by atoms with Crippen molar-refractivity contribution in [3.8, 4) is 16.9 Å². The Kier molecular flexibility index (Phi) is 6.08. The largest absolute Gasteiger partial charge is 0.506 e. The maximum atomic E-state index is 12.4. The third kappa shape index (κ3) is 4.64. The number of nitrogens with zero attached hydrogens (tertiary/aromatic N) is 2. The molecule has 1 aromatic heterocycles. The second-order valence-electron chi connectivity index (χ2n) is 6.68. The third-order valence-electron chi connectivity index (χ3n) is 4.30. The fourth-order valence-corrected chi connectivity index (χ4v) is 3.47. The van der Waals surface area contributed by atoms with E-state index in [0.29, 0.717) is 17.6 Å². The monoisotopic (exact) mass is 427 g/mol. The molecule has 6 heteroatoms. The van der Waals surface area contributed by atoms with Crippen molar-refractivity contribution in [2.45, 2.75) is 6.42 Å². The Morgan fingerprint density at radius 2 is 2.00 bits per heavy atom. The summed E-state index contributed by atoms with van der Waals surface area (Å²) >= 11 is 3.50. The zero-order chi connectivity index (χ0) is 19.4. The highest BCUT2D eigenvalue weighted by Gasteiger charge is 2.12. The minimum Gasteiger partial charge on any atom is -0.506 e. The highest BCUT2D eigenvalue weighted by Crippen LogP contribution is 2.32. The van der Waals surface area contributed by atoms with E-state index in [2.05, 4.69) is 31.1 Å². The number of amides is 1. The molecule has 0 atom stereocenters. The minimum absolute atomic E-state index is 0.0993. The summed E-state index contributed by atoms with van der Waals surface area (Å²) in [5.41, 5.74) is 2.95. The fourth-order valence-electron chi connectivity index (χ4n) is 2.91. The van der Waals surface area contributed by atoms with Gasteiger partial charge in [-0.3, -0.25) is 9.78 Å². The van der Waals surface area contributed by atoms with E-state index in [1.165, 1.54) is 0 Å². The van der Waals surface area contributed by atoms with Gasteiger partial charge in [0.25, 0.3) is 5.91 Å². The van der Waals surface area contributed by atoms with Gasteiger partial charge in [0.1, 0.15) is 11.3 Å². The first-order valence-electron chi connectivity index (χ1n) is 8.76. The lowest BCUT2D eigenvalue weighted by atomic mass is 10.0. The molecular weight excluding hydrogens is 406 g/mol. The highest BCUT2D eigenvalue weighted by molar-refractivity contribution is 9.10. The van der Waals surface area contributed by atoms with Crippen molar-refractivity contribution in [3.63, 3.8) is 0 Å². The Morgan fingerprint density at radius 1 is 1.19 bits per heavy atom. The molecule has 0 unspecified atom stereocenters. The second kappa shape index (κ2) is 8.50. The van der Waals surface area contributed by atoms with Crippen LogP contribution in [-0.2, 0) is 0 Å². The van der Waals surface area contributed by atoms with Gasteiger partial charge in [0, 0.05) is 22.6 Å². The molecule has 3 rings (SSSR count). The Hall–Kier alpha value is -2.44. The summed E-state index contributed by atoms with van der Waals surface area (Å²) in [6, 6.07) is 13.0. The van der Waals surface area contributed by atoms with Gasteiger partial charge in [-0.25, -0.2) is 0 Å². The molecule has 0 aliphatic carbocycles. The SMILES string of the molecule is CN(C)CCCNC(=O)c1ccc(-c2cc(O)c3ncccc3c2)cc1Br. The molecule has 0 saturated carbocycles. The van der Waals surface area contributed by atoms with Crippen LogP contribution >= 0.6 is 15.9 Å². The van der Waals surface area contributed by atoms with Crippen LogP contribution in [0.5, 0.6) is 5.75 Å². The van der Waals surface area contributed by atoms with Gasteiger partial charge in [-0.15, -0.1) is 0 Å². The first-order chi connectivity index (χ1) is 13.0. The van der Waals surface area contributed by atoms with Gasteiger partial charge in [0.15, 0.2) is 0 Å². The van der Waals surface area contributed by atoms with Crippen molar-refractivity contribution >= 4 is 32.7 Å². The van der Waals surface area contributed by atoms with Crippen LogP contribution in [0.2, 0.25) is 0 Å². The molecule has 0 aliphatic rings. The smallest absolute Gasteiger partial charge is 0.252 e. The number of rotatable bonds is 6. The van der Waals surface area contributed by atoms with E-state index < -0.39 is 0 Å². The molecule has 0 radical (unpaired) electrons. The van der Waals surface area contributed by atoms with Gasteiger partial charge < -0.3 is 15.3 Å². The van der Waals surface area contributed by atoms with Crippen molar-refractivity contribution in [2.75, 3.05) is 27.2 Å². The van der Waals surface area contributed by atoms with Gasteiger partial charge in [0.2, 0.25) is 0 Å². The number of aromatic hydroxyl groups is 1. The van der Waals surface area contributed by atoms with Crippen molar-refractivity contribution < 1.29 is 9.90 Å². The number of hydrogen-bond acceptors (Lipinski definition) is 4. The summed E-state index contributed by atoms with van der Waals surface area (Å²) in [5.74, 6) is 0.0414. The molecule has 3 aromatic rings. The van der Waals surface area contributed by atoms with E-state index in [1.807, 2.05) is 44.4 Å². The molecule has 1 heterocycles. The van der Waals surface area contributed by atoms with Crippen molar-refractivity contribution in [3.05, 3.63) is 58.7 Å². The summed E-state index contributed by atoms with van der Waals surface area (Å²) in [5, 5.41) is 14.1. The maximum Gasteiger partial charge on any atom is 0.252 e. The summed E-state index contributed by atoms with van der Waals surface area (Å²) in [6.45, 7) is 1.57. The Labute approximate surface area is 167 Å². The Morgan fingerprint density at radius 3 is 2.74 bits per heavy atom. The molecule has 0 saturated heterocycles. The molecule has 2 N–H and O–H groups in total. The van der Waals surface area contributed by atoms with E-state index in [-0.39, 0.29) is 11.7 Å². The number of phenolic OH excluding ortho intramolecular Hbond substituents is 1. The number of carbonyl (C=O) groups excluding carboxylic acids is 1. The summed E-state index contributed by atoms with van der Waals surface area (Å²) in [4.78, 5) is 18.7. The van der Waals surface area contributed by atoms with Crippen molar-refractivity contribution in [2.24, 2.45) is 0 Å². The fraction of sp³-hybridized carbons (Fsp3) is 0.238. The average Bonchev–Trinajstić information content (AvgIpc) is 2.64. The quantitative estimate of drug-likeness (QED) is 0.582. The predicted molar refractivity (Wildman–Crippen MR) is 112 cm³/mol. The number of phenols is 1. The van der Waals surface area contributed by atoms with E-state index in [0.717, 1.165) is 34.0 Å². The number of hydrogen-bond donors (Lipinski definition) is 2. The van der Waals surface area contributed by atoms with E-state index >= 15 is 0 Å². The van der Waals surface area contributed by atoms with Gasteiger partial charge in [-0.1, -0.05) is 12.1 Å². The Bertz CT molecular complexity index is 973. The number of pyridine rings is 1. The van der Waals surface area contributed by atoms with E-state index in [1.54, 1.807) is 18.3 Å². The lowest BCUT2D eigenvalue weighted by molar-refractivity contribution is 0.0951. The van der Waals surface area contributed by atoms with Gasteiger partial charge in [0.05, 0.1) is 5.56 Å². The van der Waals surface area contributed by atoms with E-state index in [4.69, 9.17) is 0 Å². The Balaban J connectivity index is 1.79. The summed E-state index contributed by atoms with van der Waals surface area (Å²) < 4.78 is 0.718. The number of halogens is 1. The zero-order valence-electron chi connectivity index (χ0n) is 15.4. The number of aromatic nitrogens is 1. The number of nitrogens with one attached hydrogen (secondary N) is 1. The van der Waals surface area contributed by atoms with Gasteiger partial charge in [-0.05, 0) is 84.4 Å². The lowest BCUT2D eigenvalue weighted by Gasteiger charge is -2.11. The van der Waals surface area contributed by atoms with Crippen LogP contribution in [0.3, 0.4) is 0 Å². The first-order valence-corrected chi connectivity index (χ1v) is 9.55. The molecule has 0 aliphatic heterocycles. The van der Waals surface area contributed by atoms with Crippen LogP contribution in [-0.4, -0.2) is 48.1 Å². The molecular formula is C21H22BrN3O2. The normalized spacial score (nSPS) is 11.1. The molecule has 2 aromatic carbocycles. The topological polar surface area (TPSA) is 65.5 Å². The van der Waals surface area contributed by atoms with Crippen LogP contribution in [0.1, 0.15) is 16.8 Å². The van der Waals surface area contributed by atoms with Crippen molar-refractivity contribution in [1.29, 1.82) is 0 Å². The van der Waals surface area contributed by atoms with Crippen LogP contribution in [0.25, 0.3) is 22.0 Å². The van der Waals surface area contributed by atoms with Crippen LogP contribution in [0, 0.1) is 0 Å². The number of benzene rings is 2. The maximum absolute atomic E-state index is 12.4. The molecule has 27 heavy (non-hydrogen) atoms. The van der Waals surface area contributed by atoms with Crippen molar-refractivity contribution in [1.82, 2.24) is 15.2 Å². The molecule has 140 valence electrons. The minimum atomic E-state index is -0.0993. The molecule has 1 amide bonds. The number of fused-ring (bicyclic) bond motifs is 1. The summed E-state index contributed by atoms with van der Waals surface area (Å²) in [7, 11) is 4.02. The van der Waals surface area contributed by atoms with Crippen LogP contribution in [0.15, 0.2) is 53.1 Å². The lowest BCUT2D eigenvalue weighted by Crippen LogP contribution is -2.27. The van der Waals surface area contributed by atoms with Crippen LogP contribution < -0.4 is 5.32 Å². The average molecular weight is 428 g/mol. The molecule has 5 nitrogen and oxygen atoms in total. The predicted octanol–water partition coefficient (Wildman–Crippen LogP) is 4.05. The van der Waals surface area contributed by atoms with Crippen LogP contribution in [0.4, 0.5) is 0 Å². The molecule has 0 spiro atoms. The highest BCUT2D eigenvalue weighted by atomic mass is 79.9. The second-order valence-corrected chi connectivity index (χ2v) is 7.53. The van der Waals surface area contributed by atoms with E-state index in [9.17, 15) is 9.90 Å². The summed E-state index contributed by atoms with van der Waals surface area (Å²) in [6.07, 6.45) is 2.56.